The molecule has 1 aliphatic rings. The van der Waals surface area contributed by atoms with Crippen LogP contribution < -0.4 is 10.2 Å². The SMILES string of the molecule is CCN1C(=O)CCc2cc(Nc3ncc(C#N)cc3Cl)ccc21. The standard InChI is InChI=1S/C17H15ClN4O/c1-2-22-15-5-4-13(8-12(15)3-6-16(22)23)21-17-14(18)7-11(9-19)10-20-17/h4-5,7-8,10H,2-3,6H2,1H3,(H,20,21). The number of hydrogen-bond acceptors (Lipinski definition) is 4. The molecule has 5 nitrogen and oxygen atoms in total. The highest BCUT2D eigenvalue weighted by Crippen LogP contribution is 2.32. The predicted molar refractivity (Wildman–Crippen MR) is 90.0 cm³/mol. The maximum Gasteiger partial charge on any atom is 0.227 e. The molecule has 1 aromatic carbocycles. The topological polar surface area (TPSA) is 69.0 Å². The Labute approximate surface area is 139 Å². The van der Waals surface area contributed by atoms with Crippen LogP contribution in [0.1, 0.15) is 24.5 Å². The van der Waals surface area contributed by atoms with E-state index in [-0.39, 0.29) is 5.91 Å². The summed E-state index contributed by atoms with van der Waals surface area (Å²) in [5.74, 6) is 0.669. The Morgan fingerprint density at radius 2 is 2.22 bits per heavy atom. The number of nitriles is 1. The Balaban J connectivity index is 1.88. The van der Waals surface area contributed by atoms with Crippen molar-refractivity contribution in [2.24, 2.45) is 0 Å². The zero-order chi connectivity index (χ0) is 16.4. The van der Waals surface area contributed by atoms with E-state index >= 15 is 0 Å². The molecule has 3 rings (SSSR count). The second kappa shape index (κ2) is 6.27. The van der Waals surface area contributed by atoms with Gasteiger partial charge in [0.05, 0.1) is 10.6 Å². The first kappa shape index (κ1) is 15.3. The highest BCUT2D eigenvalue weighted by atomic mass is 35.5. The van der Waals surface area contributed by atoms with Gasteiger partial charge in [-0.15, -0.1) is 0 Å². The van der Waals surface area contributed by atoms with Gasteiger partial charge in [0.15, 0.2) is 0 Å². The zero-order valence-electron chi connectivity index (χ0n) is 12.6. The summed E-state index contributed by atoms with van der Waals surface area (Å²) in [6, 6.07) is 9.43. The number of amides is 1. The van der Waals surface area contributed by atoms with Crippen molar-refractivity contribution in [2.75, 3.05) is 16.8 Å². The number of aryl methyl sites for hydroxylation is 1. The van der Waals surface area contributed by atoms with Gasteiger partial charge in [0.2, 0.25) is 5.91 Å². The molecule has 2 heterocycles. The molecule has 2 aromatic rings. The fraction of sp³-hybridized carbons (Fsp3) is 0.235. The number of halogens is 1. The second-order valence-corrected chi connectivity index (χ2v) is 5.68. The van der Waals surface area contributed by atoms with Crippen LogP contribution in [0.25, 0.3) is 0 Å². The quantitative estimate of drug-likeness (QED) is 0.934. The first-order valence-electron chi connectivity index (χ1n) is 7.38. The highest BCUT2D eigenvalue weighted by molar-refractivity contribution is 6.33. The minimum absolute atomic E-state index is 0.164. The second-order valence-electron chi connectivity index (χ2n) is 5.27. The van der Waals surface area contributed by atoms with E-state index in [1.165, 1.54) is 6.20 Å². The van der Waals surface area contributed by atoms with Crippen molar-refractivity contribution in [2.45, 2.75) is 19.8 Å². The average molecular weight is 327 g/mol. The number of anilines is 3. The Bertz CT molecular complexity index is 813. The van der Waals surface area contributed by atoms with Gasteiger partial charge >= 0.3 is 0 Å². The van der Waals surface area contributed by atoms with E-state index in [1.54, 1.807) is 11.0 Å². The van der Waals surface area contributed by atoms with Gasteiger partial charge in [-0.2, -0.15) is 5.26 Å². The van der Waals surface area contributed by atoms with Gasteiger partial charge in [-0.3, -0.25) is 4.79 Å². The molecule has 0 radical (unpaired) electrons. The van der Waals surface area contributed by atoms with E-state index in [4.69, 9.17) is 16.9 Å². The molecule has 0 atom stereocenters. The molecule has 0 saturated carbocycles. The molecule has 1 aromatic heterocycles. The van der Waals surface area contributed by atoms with Gasteiger partial charge in [-0.25, -0.2) is 4.98 Å². The Kier molecular flexibility index (Phi) is 4.18. The summed E-state index contributed by atoms with van der Waals surface area (Å²) in [4.78, 5) is 17.9. The minimum atomic E-state index is 0.164. The van der Waals surface area contributed by atoms with Gasteiger partial charge in [-0.05, 0) is 43.2 Å². The summed E-state index contributed by atoms with van der Waals surface area (Å²) in [6.07, 6.45) is 2.74. The van der Waals surface area contributed by atoms with Gasteiger partial charge in [0.25, 0.3) is 0 Å². The van der Waals surface area contributed by atoms with Gasteiger partial charge in [-0.1, -0.05) is 11.6 Å². The molecule has 1 aliphatic heterocycles. The van der Waals surface area contributed by atoms with Crippen molar-refractivity contribution >= 4 is 34.7 Å². The van der Waals surface area contributed by atoms with Crippen LogP contribution in [0.5, 0.6) is 0 Å². The first-order valence-corrected chi connectivity index (χ1v) is 7.76. The molecular formula is C17H15ClN4O. The van der Waals surface area contributed by atoms with Crippen LogP contribution in [0.3, 0.4) is 0 Å². The Hall–Kier alpha value is -2.58. The van der Waals surface area contributed by atoms with Crippen LogP contribution in [0.15, 0.2) is 30.5 Å². The van der Waals surface area contributed by atoms with E-state index in [0.717, 1.165) is 23.4 Å². The van der Waals surface area contributed by atoms with Crippen molar-refractivity contribution in [3.8, 4) is 6.07 Å². The normalized spacial score (nSPS) is 13.4. The Morgan fingerprint density at radius 1 is 1.39 bits per heavy atom. The third-order valence-corrected chi connectivity index (χ3v) is 4.12. The van der Waals surface area contributed by atoms with Gasteiger partial charge in [0, 0.05) is 30.5 Å². The number of carbonyl (C=O) groups is 1. The molecule has 0 unspecified atom stereocenters. The fourth-order valence-corrected chi connectivity index (χ4v) is 2.93. The van der Waals surface area contributed by atoms with Crippen molar-refractivity contribution in [1.29, 1.82) is 5.26 Å². The van der Waals surface area contributed by atoms with Crippen molar-refractivity contribution in [3.05, 3.63) is 46.6 Å². The van der Waals surface area contributed by atoms with Crippen LogP contribution >= 0.6 is 11.6 Å². The minimum Gasteiger partial charge on any atom is -0.339 e. The maximum atomic E-state index is 11.9. The fourth-order valence-electron chi connectivity index (χ4n) is 2.71. The summed E-state index contributed by atoms with van der Waals surface area (Å²) in [5.41, 5.74) is 3.37. The zero-order valence-corrected chi connectivity index (χ0v) is 13.4. The van der Waals surface area contributed by atoms with E-state index in [0.29, 0.717) is 29.4 Å². The molecule has 1 N–H and O–H groups in total. The number of nitrogens with zero attached hydrogens (tertiary/aromatic N) is 3. The summed E-state index contributed by atoms with van der Waals surface area (Å²) < 4.78 is 0. The number of carbonyl (C=O) groups excluding carboxylic acids is 1. The van der Waals surface area contributed by atoms with Gasteiger partial charge in [0.1, 0.15) is 11.9 Å². The lowest BCUT2D eigenvalue weighted by Gasteiger charge is -2.28. The molecule has 0 saturated heterocycles. The van der Waals surface area contributed by atoms with Crippen LogP contribution in [-0.2, 0) is 11.2 Å². The highest BCUT2D eigenvalue weighted by Gasteiger charge is 2.22. The van der Waals surface area contributed by atoms with Crippen molar-refractivity contribution in [1.82, 2.24) is 4.98 Å². The van der Waals surface area contributed by atoms with Gasteiger partial charge < -0.3 is 10.2 Å². The molecule has 23 heavy (non-hydrogen) atoms. The Morgan fingerprint density at radius 3 is 2.91 bits per heavy atom. The third kappa shape index (κ3) is 2.99. The molecule has 1 amide bonds. The molecule has 116 valence electrons. The lowest BCUT2D eigenvalue weighted by atomic mass is 10.0. The molecule has 0 fully saturated rings. The largest absolute Gasteiger partial charge is 0.339 e. The maximum absolute atomic E-state index is 11.9. The summed E-state index contributed by atoms with van der Waals surface area (Å²) >= 11 is 6.14. The van der Waals surface area contributed by atoms with Crippen LogP contribution in [0.2, 0.25) is 5.02 Å². The lowest BCUT2D eigenvalue weighted by molar-refractivity contribution is -0.118. The van der Waals surface area contributed by atoms with E-state index in [9.17, 15) is 4.79 Å². The number of aromatic nitrogens is 1. The molecule has 0 spiro atoms. The summed E-state index contributed by atoms with van der Waals surface area (Å²) in [7, 11) is 0. The third-order valence-electron chi connectivity index (χ3n) is 3.83. The van der Waals surface area contributed by atoms with Crippen LogP contribution in [0, 0.1) is 11.3 Å². The van der Waals surface area contributed by atoms with Crippen LogP contribution in [-0.4, -0.2) is 17.4 Å². The van der Waals surface area contributed by atoms with Crippen molar-refractivity contribution < 1.29 is 4.79 Å². The molecule has 6 heteroatoms. The summed E-state index contributed by atoms with van der Waals surface area (Å²) in [5, 5.41) is 12.4. The molecular weight excluding hydrogens is 312 g/mol. The predicted octanol–water partition coefficient (Wildman–Crippen LogP) is 3.65. The smallest absolute Gasteiger partial charge is 0.227 e. The number of pyridine rings is 1. The van der Waals surface area contributed by atoms with Crippen molar-refractivity contribution in [3.63, 3.8) is 0 Å². The van der Waals surface area contributed by atoms with E-state index < -0.39 is 0 Å². The monoisotopic (exact) mass is 326 g/mol. The van der Waals surface area contributed by atoms with E-state index in [2.05, 4.69) is 10.3 Å². The lowest BCUT2D eigenvalue weighted by Crippen LogP contribution is -2.34. The number of fused-ring (bicyclic) bond motifs is 1. The average Bonchev–Trinajstić information content (AvgIpc) is 2.56. The molecule has 0 aliphatic carbocycles. The summed E-state index contributed by atoms with van der Waals surface area (Å²) in [6.45, 7) is 2.64. The number of rotatable bonds is 3. The van der Waals surface area contributed by atoms with Crippen LogP contribution in [0.4, 0.5) is 17.2 Å². The number of nitrogens with one attached hydrogen (secondary N) is 1. The number of hydrogen-bond donors (Lipinski definition) is 1. The van der Waals surface area contributed by atoms with E-state index in [1.807, 2.05) is 31.2 Å². The first-order chi connectivity index (χ1) is 11.1. The molecule has 0 bridgehead atoms. The number of benzene rings is 1.